The van der Waals surface area contributed by atoms with E-state index in [0.717, 1.165) is 16.9 Å². The van der Waals surface area contributed by atoms with Gasteiger partial charge in [-0.05, 0) is 48.9 Å². The summed E-state index contributed by atoms with van der Waals surface area (Å²) in [5.41, 5.74) is 3.52. The lowest BCUT2D eigenvalue weighted by atomic mass is 10.2. The first kappa shape index (κ1) is 16.0. The van der Waals surface area contributed by atoms with Crippen molar-refractivity contribution in [1.29, 1.82) is 0 Å². The molecule has 0 bridgehead atoms. The Hall–Kier alpha value is -2.85. The van der Waals surface area contributed by atoms with E-state index >= 15 is 0 Å². The van der Waals surface area contributed by atoms with Crippen LogP contribution in [0.25, 0.3) is 0 Å². The Morgan fingerprint density at radius 1 is 1.04 bits per heavy atom. The Labute approximate surface area is 145 Å². The number of rotatable bonds is 4. The van der Waals surface area contributed by atoms with Gasteiger partial charge >= 0.3 is 0 Å². The van der Waals surface area contributed by atoms with Crippen LogP contribution in [0.3, 0.4) is 0 Å². The smallest absolute Gasteiger partial charge is 0.256 e. The molecule has 24 heavy (non-hydrogen) atoms. The van der Waals surface area contributed by atoms with Gasteiger partial charge in [0.05, 0.1) is 11.9 Å². The molecule has 1 amide bonds. The molecule has 2 aromatic carbocycles. The Bertz CT molecular complexity index is 862. The van der Waals surface area contributed by atoms with E-state index in [1.807, 2.05) is 37.3 Å². The first-order valence-electron chi connectivity index (χ1n) is 7.47. The molecule has 0 saturated heterocycles. The lowest BCUT2D eigenvalue weighted by Gasteiger charge is -2.10. The van der Waals surface area contributed by atoms with Crippen LogP contribution in [0.5, 0.6) is 0 Å². The minimum atomic E-state index is -0.246. The standard InChI is InChI=1S/C19H16ClN3O/c1-13-5-2-3-8-17(13)22-16-9-10-18(21-12-16)23-19(24)14-6-4-7-15(20)11-14/h2-12,22H,1H3,(H,21,23,24). The number of nitrogens with zero attached hydrogens (tertiary/aromatic N) is 1. The van der Waals surface area contributed by atoms with Crippen molar-refractivity contribution < 1.29 is 4.79 Å². The van der Waals surface area contributed by atoms with E-state index in [1.54, 1.807) is 36.5 Å². The number of amides is 1. The molecule has 0 atom stereocenters. The fourth-order valence-corrected chi connectivity index (χ4v) is 2.42. The molecule has 0 aliphatic carbocycles. The number of pyridine rings is 1. The molecule has 120 valence electrons. The average molecular weight is 338 g/mol. The molecule has 1 heterocycles. The maximum absolute atomic E-state index is 12.2. The third kappa shape index (κ3) is 3.91. The van der Waals surface area contributed by atoms with Crippen LogP contribution in [0.2, 0.25) is 5.02 Å². The van der Waals surface area contributed by atoms with Gasteiger partial charge in [0, 0.05) is 16.3 Å². The summed E-state index contributed by atoms with van der Waals surface area (Å²) < 4.78 is 0. The summed E-state index contributed by atoms with van der Waals surface area (Å²) in [5, 5.41) is 6.57. The van der Waals surface area contributed by atoms with Gasteiger partial charge in [0.1, 0.15) is 5.82 Å². The van der Waals surface area contributed by atoms with Gasteiger partial charge in [-0.1, -0.05) is 35.9 Å². The summed E-state index contributed by atoms with van der Waals surface area (Å²) in [7, 11) is 0. The fraction of sp³-hybridized carbons (Fsp3) is 0.0526. The summed E-state index contributed by atoms with van der Waals surface area (Å²) >= 11 is 5.90. The third-order valence-electron chi connectivity index (χ3n) is 3.52. The van der Waals surface area contributed by atoms with Gasteiger partial charge in [-0.2, -0.15) is 0 Å². The van der Waals surface area contributed by atoms with E-state index < -0.39 is 0 Å². The summed E-state index contributed by atoms with van der Waals surface area (Å²) in [4.78, 5) is 16.4. The zero-order valence-electron chi connectivity index (χ0n) is 13.1. The Kier molecular flexibility index (Phi) is 4.77. The molecule has 3 aromatic rings. The van der Waals surface area contributed by atoms with Crippen LogP contribution < -0.4 is 10.6 Å². The number of carbonyl (C=O) groups is 1. The number of hydrogen-bond acceptors (Lipinski definition) is 3. The average Bonchev–Trinajstić information content (AvgIpc) is 2.58. The second-order valence-corrected chi connectivity index (χ2v) is 5.77. The molecular weight excluding hydrogens is 322 g/mol. The maximum Gasteiger partial charge on any atom is 0.256 e. The number of aromatic nitrogens is 1. The largest absolute Gasteiger partial charge is 0.354 e. The molecule has 1 aromatic heterocycles. The minimum absolute atomic E-state index is 0.246. The summed E-state index contributed by atoms with van der Waals surface area (Å²) in [6, 6.07) is 18.4. The number of para-hydroxylation sites is 1. The van der Waals surface area contributed by atoms with Gasteiger partial charge in [-0.25, -0.2) is 4.98 Å². The van der Waals surface area contributed by atoms with Crippen LogP contribution in [0.1, 0.15) is 15.9 Å². The molecule has 3 rings (SSSR count). The van der Waals surface area contributed by atoms with Crippen LogP contribution in [0.15, 0.2) is 66.9 Å². The first-order chi connectivity index (χ1) is 11.6. The van der Waals surface area contributed by atoms with Gasteiger partial charge in [0.25, 0.3) is 5.91 Å². The normalized spacial score (nSPS) is 10.2. The van der Waals surface area contributed by atoms with Gasteiger partial charge in [-0.3, -0.25) is 4.79 Å². The third-order valence-corrected chi connectivity index (χ3v) is 3.75. The fourth-order valence-electron chi connectivity index (χ4n) is 2.23. The summed E-state index contributed by atoms with van der Waals surface area (Å²) in [6.45, 7) is 2.04. The van der Waals surface area contributed by atoms with Crippen molar-refractivity contribution in [2.75, 3.05) is 10.6 Å². The molecule has 0 fully saturated rings. The van der Waals surface area contributed by atoms with Gasteiger partial charge in [0.15, 0.2) is 0 Å². The molecular formula is C19H16ClN3O. The van der Waals surface area contributed by atoms with Crippen molar-refractivity contribution in [3.63, 3.8) is 0 Å². The van der Waals surface area contributed by atoms with Crippen LogP contribution in [-0.4, -0.2) is 10.9 Å². The summed E-state index contributed by atoms with van der Waals surface area (Å²) in [6.07, 6.45) is 1.68. The lowest BCUT2D eigenvalue weighted by molar-refractivity contribution is 0.102. The van der Waals surface area contributed by atoms with Gasteiger partial charge < -0.3 is 10.6 Å². The topological polar surface area (TPSA) is 54.0 Å². The predicted molar refractivity (Wildman–Crippen MR) is 98.1 cm³/mol. The highest BCUT2D eigenvalue weighted by Crippen LogP contribution is 2.20. The second-order valence-electron chi connectivity index (χ2n) is 5.34. The highest BCUT2D eigenvalue weighted by atomic mass is 35.5. The van der Waals surface area contributed by atoms with Crippen molar-refractivity contribution in [1.82, 2.24) is 4.98 Å². The van der Waals surface area contributed by atoms with Crippen molar-refractivity contribution in [3.8, 4) is 0 Å². The van der Waals surface area contributed by atoms with Crippen LogP contribution in [0.4, 0.5) is 17.2 Å². The zero-order valence-corrected chi connectivity index (χ0v) is 13.8. The van der Waals surface area contributed by atoms with E-state index in [-0.39, 0.29) is 5.91 Å². The molecule has 2 N–H and O–H groups in total. The predicted octanol–water partition coefficient (Wildman–Crippen LogP) is 5.04. The van der Waals surface area contributed by atoms with E-state index in [4.69, 9.17) is 11.6 Å². The Morgan fingerprint density at radius 3 is 2.58 bits per heavy atom. The Morgan fingerprint density at radius 2 is 1.88 bits per heavy atom. The van der Waals surface area contributed by atoms with Crippen molar-refractivity contribution >= 4 is 34.7 Å². The Balaban J connectivity index is 1.68. The summed E-state index contributed by atoms with van der Waals surface area (Å²) in [5.74, 6) is 0.236. The zero-order chi connectivity index (χ0) is 16.9. The van der Waals surface area contributed by atoms with E-state index in [9.17, 15) is 4.79 Å². The number of carbonyl (C=O) groups excluding carboxylic acids is 1. The van der Waals surface area contributed by atoms with E-state index in [2.05, 4.69) is 15.6 Å². The molecule has 0 saturated carbocycles. The monoisotopic (exact) mass is 337 g/mol. The molecule has 0 radical (unpaired) electrons. The van der Waals surface area contributed by atoms with Crippen molar-refractivity contribution in [2.24, 2.45) is 0 Å². The quantitative estimate of drug-likeness (QED) is 0.701. The number of halogens is 1. The van der Waals surface area contributed by atoms with E-state index in [1.165, 1.54) is 0 Å². The van der Waals surface area contributed by atoms with Crippen LogP contribution >= 0.6 is 11.6 Å². The number of benzene rings is 2. The minimum Gasteiger partial charge on any atom is -0.354 e. The molecule has 0 aliphatic rings. The lowest BCUT2D eigenvalue weighted by Crippen LogP contribution is -2.12. The molecule has 0 unspecified atom stereocenters. The van der Waals surface area contributed by atoms with Gasteiger partial charge in [-0.15, -0.1) is 0 Å². The molecule has 0 aliphatic heterocycles. The van der Waals surface area contributed by atoms with E-state index in [0.29, 0.717) is 16.4 Å². The van der Waals surface area contributed by atoms with Crippen LogP contribution in [-0.2, 0) is 0 Å². The number of anilines is 3. The van der Waals surface area contributed by atoms with Crippen molar-refractivity contribution in [3.05, 3.63) is 83.0 Å². The molecule has 0 spiro atoms. The first-order valence-corrected chi connectivity index (χ1v) is 7.85. The SMILES string of the molecule is Cc1ccccc1Nc1ccc(NC(=O)c2cccc(Cl)c2)nc1. The number of aryl methyl sites for hydroxylation is 1. The highest BCUT2D eigenvalue weighted by Gasteiger charge is 2.07. The van der Waals surface area contributed by atoms with Crippen molar-refractivity contribution in [2.45, 2.75) is 6.92 Å². The second kappa shape index (κ2) is 7.15. The number of hydrogen-bond donors (Lipinski definition) is 2. The molecule has 4 nitrogen and oxygen atoms in total. The van der Waals surface area contributed by atoms with Crippen LogP contribution in [0, 0.1) is 6.92 Å². The maximum atomic E-state index is 12.2. The number of nitrogens with one attached hydrogen (secondary N) is 2. The highest BCUT2D eigenvalue weighted by molar-refractivity contribution is 6.31. The molecule has 5 heteroatoms. The van der Waals surface area contributed by atoms with Gasteiger partial charge in [0.2, 0.25) is 0 Å².